The Hall–Kier alpha value is -2.70. The quantitative estimate of drug-likeness (QED) is 0.812. The zero-order valence-electron chi connectivity index (χ0n) is 11.1. The van der Waals surface area contributed by atoms with Crippen molar-refractivity contribution in [2.45, 2.75) is 20.4 Å². The number of carbonyl (C=O) groups excluding carboxylic acids is 2. The third-order valence-electron chi connectivity index (χ3n) is 2.75. The van der Waals surface area contributed by atoms with Gasteiger partial charge in [0.15, 0.2) is 0 Å². The van der Waals surface area contributed by atoms with Crippen molar-refractivity contribution in [2.24, 2.45) is 0 Å². The van der Waals surface area contributed by atoms with Gasteiger partial charge < -0.3 is 15.2 Å². The van der Waals surface area contributed by atoms with Gasteiger partial charge in [-0.05, 0) is 26.0 Å². The van der Waals surface area contributed by atoms with Crippen molar-refractivity contribution in [3.05, 3.63) is 41.5 Å². The number of aryl methyl sites for hydroxylation is 2. The summed E-state index contributed by atoms with van der Waals surface area (Å²) in [6.07, 6.45) is 3.05. The van der Waals surface area contributed by atoms with Crippen LogP contribution in [0.25, 0.3) is 0 Å². The van der Waals surface area contributed by atoms with Crippen LogP contribution < -0.4 is 10.6 Å². The molecule has 104 valence electrons. The highest BCUT2D eigenvalue weighted by Crippen LogP contribution is 2.11. The second kappa shape index (κ2) is 5.96. The standard InChI is InChI=1S/C13H14N4O3/c1-8-11(9(2)20-17-8)7-15-12(18)13(19)16-10-3-5-14-6-4-10/h3-6H,7H2,1-2H3,(H,15,18)(H,14,16,19). The van der Waals surface area contributed by atoms with Crippen LogP contribution in [0.4, 0.5) is 5.69 Å². The molecule has 2 N–H and O–H groups in total. The Morgan fingerprint density at radius 2 is 1.90 bits per heavy atom. The molecule has 0 unspecified atom stereocenters. The van der Waals surface area contributed by atoms with E-state index in [0.29, 0.717) is 17.1 Å². The Balaban J connectivity index is 1.90. The molecular weight excluding hydrogens is 260 g/mol. The van der Waals surface area contributed by atoms with Crippen molar-refractivity contribution in [3.63, 3.8) is 0 Å². The number of anilines is 1. The molecule has 2 amide bonds. The fraction of sp³-hybridized carbons (Fsp3) is 0.231. The van der Waals surface area contributed by atoms with Crippen LogP contribution in [0, 0.1) is 13.8 Å². The van der Waals surface area contributed by atoms with E-state index in [-0.39, 0.29) is 6.54 Å². The first kappa shape index (κ1) is 13.7. The van der Waals surface area contributed by atoms with E-state index in [1.807, 2.05) is 0 Å². The topological polar surface area (TPSA) is 97.1 Å². The highest BCUT2D eigenvalue weighted by Gasteiger charge is 2.15. The fourth-order valence-corrected chi connectivity index (χ4v) is 1.63. The van der Waals surface area contributed by atoms with Crippen LogP contribution in [0.1, 0.15) is 17.0 Å². The lowest BCUT2D eigenvalue weighted by atomic mass is 10.2. The maximum Gasteiger partial charge on any atom is 0.313 e. The monoisotopic (exact) mass is 274 g/mol. The minimum absolute atomic E-state index is 0.198. The van der Waals surface area contributed by atoms with Crippen LogP contribution in [0.15, 0.2) is 29.0 Å². The number of carbonyl (C=O) groups is 2. The fourth-order valence-electron chi connectivity index (χ4n) is 1.63. The molecule has 0 aliphatic carbocycles. The molecule has 0 spiro atoms. The van der Waals surface area contributed by atoms with Crippen LogP contribution in [0.3, 0.4) is 0 Å². The van der Waals surface area contributed by atoms with Gasteiger partial charge in [0.25, 0.3) is 0 Å². The summed E-state index contributed by atoms with van der Waals surface area (Å²) in [6.45, 7) is 3.72. The first-order valence-electron chi connectivity index (χ1n) is 5.99. The van der Waals surface area contributed by atoms with Crippen molar-refractivity contribution in [3.8, 4) is 0 Å². The smallest absolute Gasteiger partial charge is 0.313 e. The Morgan fingerprint density at radius 3 is 2.50 bits per heavy atom. The van der Waals surface area contributed by atoms with E-state index in [1.165, 1.54) is 12.4 Å². The molecule has 0 aliphatic heterocycles. The number of rotatable bonds is 3. The van der Waals surface area contributed by atoms with E-state index in [9.17, 15) is 9.59 Å². The SMILES string of the molecule is Cc1noc(C)c1CNC(=O)C(=O)Nc1ccncc1. The molecule has 0 saturated heterocycles. The van der Waals surface area contributed by atoms with Crippen LogP contribution in [0.5, 0.6) is 0 Å². The molecule has 0 aliphatic rings. The highest BCUT2D eigenvalue weighted by atomic mass is 16.5. The van der Waals surface area contributed by atoms with Crippen LogP contribution >= 0.6 is 0 Å². The summed E-state index contributed by atoms with van der Waals surface area (Å²) in [5.74, 6) is -0.831. The van der Waals surface area contributed by atoms with Crippen LogP contribution in [-0.2, 0) is 16.1 Å². The minimum Gasteiger partial charge on any atom is -0.361 e. The molecule has 7 nitrogen and oxygen atoms in total. The summed E-state index contributed by atoms with van der Waals surface area (Å²) in [7, 11) is 0. The van der Waals surface area contributed by atoms with E-state index >= 15 is 0 Å². The van der Waals surface area contributed by atoms with Gasteiger partial charge in [-0.1, -0.05) is 5.16 Å². The highest BCUT2D eigenvalue weighted by molar-refractivity contribution is 6.39. The second-order valence-corrected chi connectivity index (χ2v) is 4.18. The summed E-state index contributed by atoms with van der Waals surface area (Å²) in [5, 5.41) is 8.76. The lowest BCUT2D eigenvalue weighted by Crippen LogP contribution is -2.35. The lowest BCUT2D eigenvalue weighted by molar-refractivity contribution is -0.136. The molecule has 0 radical (unpaired) electrons. The number of nitrogens with zero attached hydrogens (tertiary/aromatic N) is 2. The normalized spacial score (nSPS) is 10.1. The van der Waals surface area contributed by atoms with Crippen molar-refractivity contribution >= 4 is 17.5 Å². The summed E-state index contributed by atoms with van der Waals surface area (Å²) in [5.41, 5.74) is 1.98. The van der Waals surface area contributed by atoms with Gasteiger partial charge >= 0.3 is 11.8 Å². The number of nitrogens with one attached hydrogen (secondary N) is 2. The molecule has 0 fully saturated rings. The Morgan fingerprint density at radius 1 is 1.20 bits per heavy atom. The summed E-state index contributed by atoms with van der Waals surface area (Å²) >= 11 is 0. The Labute approximate surface area is 115 Å². The molecule has 7 heteroatoms. The van der Waals surface area contributed by atoms with E-state index in [2.05, 4.69) is 20.8 Å². The van der Waals surface area contributed by atoms with Crippen LogP contribution in [0.2, 0.25) is 0 Å². The molecule has 20 heavy (non-hydrogen) atoms. The molecule has 0 aromatic carbocycles. The maximum absolute atomic E-state index is 11.7. The Bertz CT molecular complexity index is 602. The van der Waals surface area contributed by atoms with Gasteiger partial charge in [-0.25, -0.2) is 0 Å². The van der Waals surface area contributed by atoms with Gasteiger partial charge in [0.05, 0.1) is 5.69 Å². The molecule has 2 aromatic heterocycles. The maximum atomic E-state index is 11.7. The zero-order chi connectivity index (χ0) is 14.5. The van der Waals surface area contributed by atoms with Gasteiger partial charge in [0.2, 0.25) is 0 Å². The van der Waals surface area contributed by atoms with Crippen molar-refractivity contribution < 1.29 is 14.1 Å². The number of pyridine rings is 1. The van der Waals surface area contributed by atoms with Crippen molar-refractivity contribution in [2.75, 3.05) is 5.32 Å². The van der Waals surface area contributed by atoms with E-state index in [1.54, 1.807) is 26.0 Å². The third-order valence-corrected chi connectivity index (χ3v) is 2.75. The summed E-state index contributed by atoms with van der Waals surface area (Å²) < 4.78 is 4.97. The largest absolute Gasteiger partial charge is 0.361 e. The van der Waals surface area contributed by atoms with Gasteiger partial charge in [0.1, 0.15) is 5.76 Å². The van der Waals surface area contributed by atoms with E-state index in [0.717, 1.165) is 5.56 Å². The number of aromatic nitrogens is 2. The molecule has 2 heterocycles. The van der Waals surface area contributed by atoms with Crippen LogP contribution in [-0.4, -0.2) is 22.0 Å². The molecule has 2 aromatic rings. The predicted octanol–water partition coefficient (Wildman–Crippen LogP) is 0.941. The molecule has 0 atom stereocenters. The van der Waals surface area contributed by atoms with Gasteiger partial charge in [-0.3, -0.25) is 14.6 Å². The number of hydrogen-bond donors (Lipinski definition) is 2. The average molecular weight is 274 g/mol. The number of amides is 2. The summed E-state index contributed by atoms with van der Waals surface area (Å²) in [4.78, 5) is 27.2. The van der Waals surface area contributed by atoms with Gasteiger partial charge in [-0.2, -0.15) is 0 Å². The van der Waals surface area contributed by atoms with E-state index < -0.39 is 11.8 Å². The molecule has 2 rings (SSSR count). The van der Waals surface area contributed by atoms with Gasteiger partial charge in [-0.15, -0.1) is 0 Å². The van der Waals surface area contributed by atoms with Crippen molar-refractivity contribution in [1.82, 2.24) is 15.5 Å². The first-order chi connectivity index (χ1) is 9.58. The Kier molecular flexibility index (Phi) is 4.09. The predicted molar refractivity (Wildman–Crippen MR) is 70.7 cm³/mol. The second-order valence-electron chi connectivity index (χ2n) is 4.18. The molecular formula is C13H14N4O3. The number of hydrogen-bond acceptors (Lipinski definition) is 5. The lowest BCUT2D eigenvalue weighted by Gasteiger charge is -2.06. The average Bonchev–Trinajstić information content (AvgIpc) is 2.76. The third kappa shape index (κ3) is 3.19. The minimum atomic E-state index is -0.733. The first-order valence-corrected chi connectivity index (χ1v) is 5.99. The zero-order valence-corrected chi connectivity index (χ0v) is 11.1. The molecule has 0 saturated carbocycles. The van der Waals surface area contributed by atoms with Gasteiger partial charge in [0, 0.05) is 30.2 Å². The van der Waals surface area contributed by atoms with E-state index in [4.69, 9.17) is 4.52 Å². The van der Waals surface area contributed by atoms with Crippen molar-refractivity contribution in [1.29, 1.82) is 0 Å². The molecule has 0 bridgehead atoms. The summed E-state index contributed by atoms with van der Waals surface area (Å²) in [6, 6.07) is 3.19.